The Labute approximate surface area is 122 Å². The summed E-state index contributed by atoms with van der Waals surface area (Å²) in [6.07, 6.45) is 9.84. The maximum Gasteiger partial charge on any atom is 0.157 e. The molecule has 0 aromatic carbocycles. The fraction of sp³-hybridized carbons (Fsp3) is 0.765. The number of unbranched alkanes of at least 4 members (excludes halogenated alkanes) is 1. The van der Waals surface area contributed by atoms with Gasteiger partial charge < -0.3 is 0 Å². The van der Waals surface area contributed by atoms with Crippen LogP contribution in [0.3, 0.4) is 0 Å². The van der Waals surface area contributed by atoms with Crippen molar-refractivity contribution in [2.45, 2.75) is 66.3 Å². The zero-order valence-corrected chi connectivity index (χ0v) is 13.4. The Morgan fingerprint density at radius 3 is 2.80 bits per heavy atom. The number of aromatic nitrogens is 2. The molecule has 112 valence electrons. The predicted octanol–water partition coefficient (Wildman–Crippen LogP) is 4.00. The van der Waals surface area contributed by atoms with Crippen LogP contribution in [0, 0.1) is 24.2 Å². The Kier molecular flexibility index (Phi) is 4.66. The lowest BCUT2D eigenvalue weighted by Gasteiger charge is -2.32. The van der Waals surface area contributed by atoms with Crippen LogP contribution >= 0.6 is 0 Å². The van der Waals surface area contributed by atoms with Gasteiger partial charge in [-0.15, -0.1) is 0 Å². The molecular weight excluding hydrogens is 248 g/mol. The molecule has 3 nitrogen and oxygen atoms in total. The number of Topliss-reactive ketones (excluding diaryl/α,β-unsaturated/α-hetero) is 1. The van der Waals surface area contributed by atoms with Gasteiger partial charge in [0.05, 0.1) is 12.7 Å². The molecule has 1 aromatic heterocycles. The average Bonchev–Trinajstić information content (AvgIpc) is 2.90. The largest absolute Gasteiger partial charge is 0.297 e. The molecular formula is C17H28N2O. The van der Waals surface area contributed by atoms with Crippen LogP contribution in [0.2, 0.25) is 0 Å². The number of hydrogen-bond acceptors (Lipinski definition) is 2. The van der Waals surface area contributed by atoms with Crippen molar-refractivity contribution in [1.29, 1.82) is 0 Å². The van der Waals surface area contributed by atoms with Gasteiger partial charge in [0, 0.05) is 12.1 Å². The molecule has 1 aliphatic rings. The van der Waals surface area contributed by atoms with Gasteiger partial charge in [0.25, 0.3) is 0 Å². The standard InChI is InChI=1S/C17H28N2O/c1-5-6-7-14-8-9-15(17(14,3)4)16(20)12-19-11-13(2)10-18-19/h10-11,14-15H,5-9,12H2,1-4H3. The van der Waals surface area contributed by atoms with Crippen LogP contribution in [0.25, 0.3) is 0 Å². The first kappa shape index (κ1) is 15.3. The topological polar surface area (TPSA) is 34.9 Å². The third-order valence-corrected chi connectivity index (χ3v) is 5.13. The second kappa shape index (κ2) is 6.11. The summed E-state index contributed by atoms with van der Waals surface area (Å²) >= 11 is 0. The Bertz CT molecular complexity index is 461. The first-order valence-corrected chi connectivity index (χ1v) is 7.97. The van der Waals surface area contributed by atoms with E-state index in [9.17, 15) is 4.79 Å². The van der Waals surface area contributed by atoms with Crippen molar-refractivity contribution in [3.05, 3.63) is 18.0 Å². The van der Waals surface area contributed by atoms with Gasteiger partial charge in [-0.1, -0.05) is 33.6 Å². The SMILES string of the molecule is CCCCC1CCC(C(=O)Cn2cc(C)cn2)C1(C)C. The second-order valence-electron chi connectivity index (χ2n) is 6.97. The monoisotopic (exact) mass is 276 g/mol. The molecule has 1 aliphatic carbocycles. The molecule has 20 heavy (non-hydrogen) atoms. The minimum Gasteiger partial charge on any atom is -0.297 e. The smallest absolute Gasteiger partial charge is 0.157 e. The Morgan fingerprint density at radius 1 is 1.45 bits per heavy atom. The van der Waals surface area contributed by atoms with E-state index in [-0.39, 0.29) is 11.3 Å². The summed E-state index contributed by atoms with van der Waals surface area (Å²) in [4.78, 5) is 12.6. The van der Waals surface area contributed by atoms with E-state index in [1.807, 2.05) is 19.3 Å². The fourth-order valence-corrected chi connectivity index (χ4v) is 3.76. The van der Waals surface area contributed by atoms with Crippen molar-refractivity contribution < 1.29 is 4.79 Å². The zero-order chi connectivity index (χ0) is 14.8. The van der Waals surface area contributed by atoms with E-state index in [0.29, 0.717) is 18.2 Å². The summed E-state index contributed by atoms with van der Waals surface area (Å²) in [6, 6.07) is 0. The Balaban J connectivity index is 2.00. The molecule has 0 saturated heterocycles. The van der Waals surface area contributed by atoms with Crippen LogP contribution in [0.4, 0.5) is 0 Å². The van der Waals surface area contributed by atoms with E-state index in [4.69, 9.17) is 0 Å². The number of nitrogens with zero attached hydrogens (tertiary/aromatic N) is 2. The molecule has 2 unspecified atom stereocenters. The number of rotatable bonds is 6. The molecule has 2 atom stereocenters. The van der Waals surface area contributed by atoms with E-state index in [2.05, 4.69) is 25.9 Å². The lowest BCUT2D eigenvalue weighted by Crippen LogP contribution is -2.32. The van der Waals surface area contributed by atoms with E-state index >= 15 is 0 Å². The van der Waals surface area contributed by atoms with Crippen LogP contribution in [0.5, 0.6) is 0 Å². The first-order valence-electron chi connectivity index (χ1n) is 7.97. The summed E-state index contributed by atoms with van der Waals surface area (Å²) in [6.45, 7) is 9.26. The molecule has 1 aromatic rings. The number of carbonyl (C=O) groups is 1. The molecule has 0 aliphatic heterocycles. The molecule has 0 radical (unpaired) electrons. The molecule has 1 saturated carbocycles. The van der Waals surface area contributed by atoms with Gasteiger partial charge in [-0.05, 0) is 43.1 Å². The zero-order valence-electron chi connectivity index (χ0n) is 13.4. The highest BCUT2D eigenvalue weighted by Crippen LogP contribution is 2.49. The van der Waals surface area contributed by atoms with Crippen LogP contribution in [0.15, 0.2) is 12.4 Å². The van der Waals surface area contributed by atoms with Crippen molar-refractivity contribution in [3.8, 4) is 0 Å². The molecule has 0 bridgehead atoms. The van der Waals surface area contributed by atoms with Crippen LogP contribution in [0.1, 0.15) is 58.4 Å². The lowest BCUT2D eigenvalue weighted by molar-refractivity contribution is -0.126. The molecule has 1 heterocycles. The van der Waals surface area contributed by atoms with Crippen molar-refractivity contribution in [2.75, 3.05) is 0 Å². The number of hydrogen-bond donors (Lipinski definition) is 0. The molecule has 0 amide bonds. The lowest BCUT2D eigenvalue weighted by atomic mass is 9.72. The highest BCUT2D eigenvalue weighted by atomic mass is 16.1. The first-order chi connectivity index (χ1) is 9.45. The maximum absolute atomic E-state index is 12.6. The number of aryl methyl sites for hydroxylation is 1. The van der Waals surface area contributed by atoms with E-state index in [0.717, 1.165) is 12.0 Å². The van der Waals surface area contributed by atoms with E-state index < -0.39 is 0 Å². The maximum atomic E-state index is 12.6. The molecule has 1 fully saturated rings. The second-order valence-corrected chi connectivity index (χ2v) is 6.97. The third kappa shape index (κ3) is 3.13. The molecule has 2 rings (SSSR count). The summed E-state index contributed by atoms with van der Waals surface area (Å²) in [5.41, 5.74) is 1.26. The highest BCUT2D eigenvalue weighted by molar-refractivity contribution is 5.81. The van der Waals surface area contributed by atoms with Gasteiger partial charge in [0.1, 0.15) is 0 Å². The van der Waals surface area contributed by atoms with Gasteiger partial charge in [-0.2, -0.15) is 5.10 Å². The van der Waals surface area contributed by atoms with Gasteiger partial charge in [0.15, 0.2) is 5.78 Å². The quantitative estimate of drug-likeness (QED) is 0.787. The summed E-state index contributed by atoms with van der Waals surface area (Å²) < 4.78 is 1.78. The highest BCUT2D eigenvalue weighted by Gasteiger charge is 2.45. The minimum atomic E-state index is 0.147. The van der Waals surface area contributed by atoms with Crippen LogP contribution in [-0.4, -0.2) is 15.6 Å². The van der Waals surface area contributed by atoms with Crippen molar-refractivity contribution in [1.82, 2.24) is 9.78 Å². The predicted molar refractivity (Wildman–Crippen MR) is 81.5 cm³/mol. The Morgan fingerprint density at radius 2 is 2.20 bits per heavy atom. The third-order valence-electron chi connectivity index (χ3n) is 5.13. The minimum absolute atomic E-state index is 0.147. The van der Waals surface area contributed by atoms with E-state index in [1.165, 1.54) is 25.7 Å². The molecule has 0 N–H and O–H groups in total. The average molecular weight is 276 g/mol. The van der Waals surface area contributed by atoms with Crippen LogP contribution < -0.4 is 0 Å². The molecule has 3 heteroatoms. The summed E-state index contributed by atoms with van der Waals surface area (Å²) in [7, 11) is 0. The Hall–Kier alpha value is -1.12. The molecule has 0 spiro atoms. The number of ketones is 1. The fourth-order valence-electron chi connectivity index (χ4n) is 3.76. The van der Waals surface area contributed by atoms with Crippen molar-refractivity contribution in [2.24, 2.45) is 17.3 Å². The normalized spacial score (nSPS) is 25.0. The van der Waals surface area contributed by atoms with Crippen molar-refractivity contribution in [3.63, 3.8) is 0 Å². The summed E-state index contributed by atoms with van der Waals surface area (Å²) in [5, 5.41) is 4.24. The van der Waals surface area contributed by atoms with Crippen LogP contribution in [-0.2, 0) is 11.3 Å². The van der Waals surface area contributed by atoms with Gasteiger partial charge in [-0.3, -0.25) is 9.48 Å². The van der Waals surface area contributed by atoms with Gasteiger partial charge >= 0.3 is 0 Å². The van der Waals surface area contributed by atoms with Crippen molar-refractivity contribution >= 4 is 5.78 Å². The summed E-state index contributed by atoms with van der Waals surface area (Å²) in [5.74, 6) is 1.27. The van der Waals surface area contributed by atoms with Gasteiger partial charge in [-0.25, -0.2) is 0 Å². The van der Waals surface area contributed by atoms with Gasteiger partial charge in [0.2, 0.25) is 0 Å². The number of carbonyl (C=O) groups excluding carboxylic acids is 1. The van der Waals surface area contributed by atoms with E-state index in [1.54, 1.807) is 4.68 Å².